The van der Waals surface area contributed by atoms with Crippen molar-refractivity contribution in [3.63, 3.8) is 0 Å². The highest BCUT2D eigenvalue weighted by atomic mass is 16.5. The van der Waals surface area contributed by atoms with Gasteiger partial charge in [0.05, 0.1) is 19.0 Å². The molecule has 0 aliphatic heterocycles. The molecule has 4 N–H and O–H groups in total. The van der Waals surface area contributed by atoms with Crippen LogP contribution in [0.1, 0.15) is 33.9 Å². The maximum absolute atomic E-state index is 12.5. The van der Waals surface area contributed by atoms with Gasteiger partial charge in [0, 0.05) is 36.7 Å². The van der Waals surface area contributed by atoms with Crippen LogP contribution < -0.4 is 15.4 Å². The van der Waals surface area contributed by atoms with Gasteiger partial charge in [-0.25, -0.2) is 4.98 Å². The molecule has 37 heavy (non-hydrogen) atoms. The van der Waals surface area contributed by atoms with Crippen molar-refractivity contribution in [3.05, 3.63) is 114 Å². The number of amides is 1. The average molecular weight is 501 g/mol. The Morgan fingerprint density at radius 1 is 1.00 bits per heavy atom. The zero-order valence-corrected chi connectivity index (χ0v) is 20.5. The summed E-state index contributed by atoms with van der Waals surface area (Å²) in [6, 6.07) is 23.8. The number of aliphatic hydroxyl groups excluding tert-OH is 2. The molecule has 4 aromatic rings. The SMILES string of the molecule is O=C(NCCCn1ccnc1)c1ccc(NC(c2ccc(OCc3ccccc3)cc2)[C@H](O)CO)cc1. The molecule has 192 valence electrons. The fourth-order valence-corrected chi connectivity index (χ4v) is 3.90. The summed E-state index contributed by atoms with van der Waals surface area (Å²) in [6.45, 7) is 1.42. The van der Waals surface area contributed by atoms with Gasteiger partial charge in [-0.2, -0.15) is 0 Å². The third-order valence-electron chi connectivity index (χ3n) is 5.97. The van der Waals surface area contributed by atoms with E-state index in [4.69, 9.17) is 4.74 Å². The molecule has 0 saturated heterocycles. The highest BCUT2D eigenvalue weighted by Gasteiger charge is 2.21. The number of hydrogen-bond acceptors (Lipinski definition) is 6. The summed E-state index contributed by atoms with van der Waals surface area (Å²) in [5, 5.41) is 26.3. The smallest absolute Gasteiger partial charge is 0.251 e. The summed E-state index contributed by atoms with van der Waals surface area (Å²) in [6.07, 6.45) is 5.16. The summed E-state index contributed by atoms with van der Waals surface area (Å²) in [7, 11) is 0. The monoisotopic (exact) mass is 500 g/mol. The van der Waals surface area contributed by atoms with Crippen LogP contribution in [0, 0.1) is 0 Å². The van der Waals surface area contributed by atoms with Crippen molar-refractivity contribution in [2.24, 2.45) is 0 Å². The molecule has 0 bridgehead atoms. The molecule has 0 aliphatic rings. The Hall–Kier alpha value is -4.14. The first-order valence-corrected chi connectivity index (χ1v) is 12.3. The number of carbonyl (C=O) groups is 1. The molecule has 3 aromatic carbocycles. The maximum atomic E-state index is 12.5. The van der Waals surface area contributed by atoms with Crippen molar-refractivity contribution in [1.29, 1.82) is 0 Å². The lowest BCUT2D eigenvalue weighted by molar-refractivity contribution is 0.0794. The third kappa shape index (κ3) is 7.67. The lowest BCUT2D eigenvalue weighted by atomic mass is 10.0. The second-order valence-electron chi connectivity index (χ2n) is 8.70. The average Bonchev–Trinajstić information content (AvgIpc) is 3.47. The van der Waals surface area contributed by atoms with Crippen molar-refractivity contribution >= 4 is 11.6 Å². The molecule has 8 nitrogen and oxygen atoms in total. The number of anilines is 1. The molecule has 0 radical (unpaired) electrons. The lowest BCUT2D eigenvalue weighted by Gasteiger charge is -2.25. The number of carbonyl (C=O) groups excluding carboxylic acids is 1. The Kier molecular flexibility index (Phi) is 9.29. The Morgan fingerprint density at radius 3 is 2.43 bits per heavy atom. The molecule has 8 heteroatoms. The van der Waals surface area contributed by atoms with Crippen LogP contribution in [-0.2, 0) is 13.2 Å². The van der Waals surface area contributed by atoms with E-state index in [1.807, 2.05) is 65.4 Å². The number of nitrogens with zero attached hydrogens (tertiary/aromatic N) is 2. The van der Waals surface area contributed by atoms with Crippen LogP contribution in [0.3, 0.4) is 0 Å². The highest BCUT2D eigenvalue weighted by Crippen LogP contribution is 2.25. The molecular formula is C29H32N4O4. The number of ether oxygens (including phenoxy) is 1. The van der Waals surface area contributed by atoms with Gasteiger partial charge in [0.15, 0.2) is 0 Å². The van der Waals surface area contributed by atoms with E-state index in [2.05, 4.69) is 15.6 Å². The minimum Gasteiger partial charge on any atom is -0.489 e. The molecule has 0 saturated carbocycles. The van der Waals surface area contributed by atoms with E-state index in [-0.39, 0.29) is 5.91 Å². The first kappa shape index (κ1) is 25.9. The van der Waals surface area contributed by atoms with Gasteiger partial charge in [0.25, 0.3) is 5.91 Å². The van der Waals surface area contributed by atoms with Crippen LogP contribution >= 0.6 is 0 Å². The highest BCUT2D eigenvalue weighted by molar-refractivity contribution is 5.94. The van der Waals surface area contributed by atoms with Crippen molar-refractivity contribution in [3.8, 4) is 5.75 Å². The molecular weight excluding hydrogens is 468 g/mol. The molecule has 1 amide bonds. The largest absolute Gasteiger partial charge is 0.489 e. The zero-order valence-electron chi connectivity index (χ0n) is 20.5. The number of hydrogen-bond donors (Lipinski definition) is 4. The Balaban J connectivity index is 1.32. The van der Waals surface area contributed by atoms with Crippen molar-refractivity contribution in [2.75, 3.05) is 18.5 Å². The van der Waals surface area contributed by atoms with Crippen LogP contribution in [0.2, 0.25) is 0 Å². The van der Waals surface area contributed by atoms with E-state index < -0.39 is 18.8 Å². The Labute approximate surface area is 216 Å². The molecule has 1 aromatic heterocycles. The fourth-order valence-electron chi connectivity index (χ4n) is 3.90. The van der Waals surface area contributed by atoms with E-state index >= 15 is 0 Å². The predicted octanol–water partition coefficient (Wildman–Crippen LogP) is 3.79. The summed E-state index contributed by atoms with van der Waals surface area (Å²) in [4.78, 5) is 16.5. The lowest BCUT2D eigenvalue weighted by Crippen LogP contribution is -2.28. The third-order valence-corrected chi connectivity index (χ3v) is 5.97. The number of benzene rings is 3. The zero-order chi connectivity index (χ0) is 25.9. The van der Waals surface area contributed by atoms with Gasteiger partial charge in [-0.1, -0.05) is 42.5 Å². The van der Waals surface area contributed by atoms with Crippen LogP contribution in [0.15, 0.2) is 97.6 Å². The number of aryl methyl sites for hydroxylation is 1. The quantitative estimate of drug-likeness (QED) is 0.208. The maximum Gasteiger partial charge on any atom is 0.251 e. The van der Waals surface area contributed by atoms with Gasteiger partial charge in [0.2, 0.25) is 0 Å². The van der Waals surface area contributed by atoms with E-state index in [9.17, 15) is 15.0 Å². The number of imidazole rings is 1. The summed E-state index contributed by atoms with van der Waals surface area (Å²) >= 11 is 0. The summed E-state index contributed by atoms with van der Waals surface area (Å²) in [5.41, 5.74) is 3.15. The van der Waals surface area contributed by atoms with E-state index in [1.165, 1.54) is 0 Å². The van der Waals surface area contributed by atoms with E-state index in [0.717, 1.165) is 29.8 Å². The van der Waals surface area contributed by atoms with Crippen LogP contribution in [0.25, 0.3) is 0 Å². The first-order valence-electron chi connectivity index (χ1n) is 12.3. The Morgan fingerprint density at radius 2 is 1.76 bits per heavy atom. The normalized spacial score (nSPS) is 12.5. The van der Waals surface area contributed by atoms with E-state index in [0.29, 0.717) is 24.5 Å². The number of aromatic nitrogens is 2. The molecule has 0 fully saturated rings. The molecule has 0 aliphatic carbocycles. The van der Waals surface area contributed by atoms with Crippen LogP contribution in [0.4, 0.5) is 5.69 Å². The van der Waals surface area contributed by atoms with Gasteiger partial charge in [-0.3, -0.25) is 4.79 Å². The van der Waals surface area contributed by atoms with Gasteiger partial charge in [0.1, 0.15) is 18.5 Å². The molecule has 1 heterocycles. The Bertz CT molecular complexity index is 1210. The summed E-state index contributed by atoms with van der Waals surface area (Å²) < 4.78 is 7.81. The predicted molar refractivity (Wildman–Crippen MR) is 142 cm³/mol. The van der Waals surface area contributed by atoms with Gasteiger partial charge in [-0.05, 0) is 53.9 Å². The standard InChI is InChI=1S/C29H32N4O4/c34-19-27(35)28(23-9-13-26(14-10-23)37-20-22-5-2-1-3-6-22)32-25-11-7-24(8-12-25)29(36)31-15-4-17-33-18-16-30-21-33/h1-3,5-14,16,18,21,27-28,32,34-35H,4,15,17,19-20H2,(H,31,36)/t27-,28?/m1/s1. The first-order chi connectivity index (χ1) is 18.1. The van der Waals surface area contributed by atoms with Crippen LogP contribution in [0.5, 0.6) is 5.75 Å². The molecule has 4 rings (SSSR count). The minimum atomic E-state index is -1.02. The molecule has 2 atom stereocenters. The van der Waals surface area contributed by atoms with Gasteiger partial charge >= 0.3 is 0 Å². The van der Waals surface area contributed by atoms with Gasteiger partial charge in [-0.15, -0.1) is 0 Å². The number of aliphatic hydroxyl groups is 2. The number of nitrogens with one attached hydrogen (secondary N) is 2. The second kappa shape index (κ2) is 13.2. The van der Waals surface area contributed by atoms with Gasteiger partial charge < -0.3 is 30.2 Å². The molecule has 0 spiro atoms. The number of rotatable bonds is 13. The van der Waals surface area contributed by atoms with Crippen molar-refractivity contribution in [2.45, 2.75) is 31.7 Å². The minimum absolute atomic E-state index is 0.143. The molecule has 1 unspecified atom stereocenters. The van der Waals surface area contributed by atoms with Crippen molar-refractivity contribution in [1.82, 2.24) is 14.9 Å². The topological polar surface area (TPSA) is 109 Å². The van der Waals surface area contributed by atoms with Crippen LogP contribution in [-0.4, -0.2) is 44.9 Å². The van der Waals surface area contributed by atoms with Crippen molar-refractivity contribution < 1.29 is 19.7 Å². The fraction of sp³-hybridized carbons (Fsp3) is 0.241. The second-order valence-corrected chi connectivity index (χ2v) is 8.70. The van der Waals surface area contributed by atoms with E-state index in [1.54, 1.807) is 36.8 Å². The summed E-state index contributed by atoms with van der Waals surface area (Å²) in [5.74, 6) is 0.570.